The maximum atomic E-state index is 12.7. The number of halogens is 1. The molecule has 0 fully saturated rings. The summed E-state index contributed by atoms with van der Waals surface area (Å²) in [7, 11) is 1.50. The molecule has 0 radical (unpaired) electrons. The molecule has 0 saturated heterocycles. The number of ether oxygens (including phenoxy) is 1. The summed E-state index contributed by atoms with van der Waals surface area (Å²) in [4.78, 5) is 28.3. The molecule has 0 amide bonds. The summed E-state index contributed by atoms with van der Waals surface area (Å²) < 4.78 is 7.37. The summed E-state index contributed by atoms with van der Waals surface area (Å²) in [5.41, 5.74) is 1.96. The van der Waals surface area contributed by atoms with E-state index in [2.05, 4.69) is 27.6 Å². The highest BCUT2D eigenvalue weighted by atomic mass is 127. The molecule has 2 aromatic heterocycles. The van der Waals surface area contributed by atoms with Crippen LogP contribution in [0.2, 0.25) is 0 Å². The number of aromatic nitrogens is 2. The van der Waals surface area contributed by atoms with E-state index in [1.165, 1.54) is 17.9 Å². The molecule has 0 aliphatic carbocycles. The van der Waals surface area contributed by atoms with Crippen molar-refractivity contribution in [1.29, 1.82) is 0 Å². The van der Waals surface area contributed by atoms with Crippen molar-refractivity contribution in [2.75, 3.05) is 7.11 Å². The van der Waals surface area contributed by atoms with Crippen molar-refractivity contribution in [3.8, 4) is 5.88 Å². The normalized spacial score (nSPS) is 10.6. The van der Waals surface area contributed by atoms with Crippen molar-refractivity contribution in [2.24, 2.45) is 0 Å². The van der Waals surface area contributed by atoms with E-state index in [0.717, 1.165) is 3.57 Å². The smallest absolute Gasteiger partial charge is 0.263 e. The van der Waals surface area contributed by atoms with Gasteiger partial charge in [-0.25, -0.2) is 4.98 Å². The number of methoxy groups -OCH3 is 1. The van der Waals surface area contributed by atoms with Crippen LogP contribution in [0.25, 0.3) is 11.0 Å². The summed E-state index contributed by atoms with van der Waals surface area (Å²) in [6.45, 7) is 0. The van der Waals surface area contributed by atoms with E-state index in [0.29, 0.717) is 34.3 Å². The van der Waals surface area contributed by atoms with Gasteiger partial charge in [-0.05, 0) is 40.8 Å². The highest BCUT2D eigenvalue weighted by Crippen LogP contribution is 2.23. The van der Waals surface area contributed by atoms with Crippen molar-refractivity contribution in [1.82, 2.24) is 9.55 Å². The van der Waals surface area contributed by atoms with Gasteiger partial charge in [0.25, 0.3) is 5.91 Å². The molecule has 2 heterocycles. The zero-order valence-electron chi connectivity index (χ0n) is 11.6. The summed E-state index contributed by atoms with van der Waals surface area (Å²) in [6, 6.07) is 10.7. The van der Waals surface area contributed by atoms with Crippen molar-refractivity contribution < 1.29 is 14.3 Å². The predicted octanol–water partition coefficient (Wildman–Crippen LogP) is 3.15. The lowest BCUT2D eigenvalue weighted by Crippen LogP contribution is -2.12. The van der Waals surface area contributed by atoms with E-state index in [4.69, 9.17) is 4.74 Å². The molecule has 6 heteroatoms. The standard InChI is InChI=1S/C16H11IN2O3/c1-22-14-7-6-13-15(18-14)10(9-20)8-19(13)16(21)11-4-2-3-5-12(11)17/h2-9H,1H3. The zero-order chi connectivity index (χ0) is 15.7. The molecule has 0 N–H and O–H groups in total. The maximum absolute atomic E-state index is 12.7. The molecule has 0 atom stereocenters. The highest BCUT2D eigenvalue weighted by molar-refractivity contribution is 14.1. The molecule has 110 valence electrons. The first-order valence-electron chi connectivity index (χ1n) is 6.46. The molecule has 5 nitrogen and oxygen atoms in total. The van der Waals surface area contributed by atoms with Crippen molar-refractivity contribution in [2.45, 2.75) is 0 Å². The van der Waals surface area contributed by atoms with Crippen LogP contribution in [0.4, 0.5) is 0 Å². The van der Waals surface area contributed by atoms with Gasteiger partial charge in [-0.1, -0.05) is 12.1 Å². The van der Waals surface area contributed by atoms with E-state index in [9.17, 15) is 9.59 Å². The summed E-state index contributed by atoms with van der Waals surface area (Å²) in [5.74, 6) is 0.199. The Kier molecular flexibility index (Phi) is 3.93. The lowest BCUT2D eigenvalue weighted by Gasteiger charge is -2.06. The van der Waals surface area contributed by atoms with Crippen LogP contribution in [0.3, 0.4) is 0 Å². The first kappa shape index (κ1) is 14.7. The number of hydrogen-bond donors (Lipinski definition) is 0. The minimum Gasteiger partial charge on any atom is -0.481 e. The molecular formula is C16H11IN2O3. The molecule has 0 aliphatic heterocycles. The van der Waals surface area contributed by atoms with Gasteiger partial charge in [-0.15, -0.1) is 0 Å². The summed E-state index contributed by atoms with van der Waals surface area (Å²) >= 11 is 2.11. The minimum absolute atomic E-state index is 0.199. The molecule has 0 unspecified atom stereocenters. The predicted molar refractivity (Wildman–Crippen MR) is 90.6 cm³/mol. The zero-order valence-corrected chi connectivity index (χ0v) is 13.8. The monoisotopic (exact) mass is 406 g/mol. The van der Waals surface area contributed by atoms with Gasteiger partial charge < -0.3 is 4.74 Å². The van der Waals surface area contributed by atoms with Crippen LogP contribution in [0.1, 0.15) is 20.7 Å². The number of carbonyl (C=O) groups is 2. The molecule has 0 saturated carbocycles. The second-order valence-electron chi connectivity index (χ2n) is 4.58. The Balaban J connectivity index is 2.21. The van der Waals surface area contributed by atoms with Gasteiger partial charge >= 0.3 is 0 Å². The van der Waals surface area contributed by atoms with E-state index in [1.54, 1.807) is 18.2 Å². The molecular weight excluding hydrogens is 395 g/mol. The maximum Gasteiger partial charge on any atom is 0.263 e. The van der Waals surface area contributed by atoms with Crippen LogP contribution in [0, 0.1) is 3.57 Å². The second kappa shape index (κ2) is 5.88. The first-order chi connectivity index (χ1) is 10.7. The lowest BCUT2D eigenvalue weighted by atomic mass is 10.2. The molecule has 3 aromatic rings. The Hall–Kier alpha value is -2.22. The van der Waals surface area contributed by atoms with Gasteiger partial charge in [0.1, 0.15) is 5.52 Å². The molecule has 22 heavy (non-hydrogen) atoms. The van der Waals surface area contributed by atoms with E-state index < -0.39 is 0 Å². The number of benzene rings is 1. The second-order valence-corrected chi connectivity index (χ2v) is 5.74. The Bertz CT molecular complexity index is 886. The molecule has 0 spiro atoms. The summed E-state index contributed by atoms with van der Waals surface area (Å²) in [5, 5.41) is 0. The lowest BCUT2D eigenvalue weighted by molar-refractivity contribution is 0.0964. The quantitative estimate of drug-likeness (QED) is 0.496. The Morgan fingerprint density at radius 2 is 2.05 bits per heavy atom. The number of hydrogen-bond acceptors (Lipinski definition) is 4. The van der Waals surface area contributed by atoms with Crippen LogP contribution in [-0.4, -0.2) is 28.9 Å². The number of nitrogens with zero attached hydrogens (tertiary/aromatic N) is 2. The fourth-order valence-corrected chi connectivity index (χ4v) is 2.86. The van der Waals surface area contributed by atoms with E-state index in [1.807, 2.05) is 18.2 Å². The summed E-state index contributed by atoms with van der Waals surface area (Å²) in [6.07, 6.45) is 2.20. The number of pyridine rings is 1. The van der Waals surface area contributed by atoms with Gasteiger partial charge in [0.2, 0.25) is 5.88 Å². The van der Waals surface area contributed by atoms with Crippen molar-refractivity contribution in [3.63, 3.8) is 0 Å². The highest BCUT2D eigenvalue weighted by Gasteiger charge is 2.18. The number of fused-ring (bicyclic) bond motifs is 1. The fraction of sp³-hybridized carbons (Fsp3) is 0.0625. The first-order valence-corrected chi connectivity index (χ1v) is 7.54. The van der Waals surface area contributed by atoms with Crippen LogP contribution in [-0.2, 0) is 0 Å². The topological polar surface area (TPSA) is 61.2 Å². The van der Waals surface area contributed by atoms with Gasteiger partial charge in [0, 0.05) is 15.8 Å². The molecule has 3 rings (SSSR count). The van der Waals surface area contributed by atoms with Gasteiger partial charge in [0.15, 0.2) is 6.29 Å². The van der Waals surface area contributed by atoms with Crippen molar-refractivity contribution >= 4 is 45.8 Å². The molecule has 0 aliphatic rings. The number of carbonyl (C=O) groups excluding carboxylic acids is 2. The van der Waals surface area contributed by atoms with Crippen LogP contribution in [0.5, 0.6) is 5.88 Å². The van der Waals surface area contributed by atoms with Gasteiger partial charge in [0.05, 0.1) is 23.8 Å². The number of rotatable bonds is 3. The van der Waals surface area contributed by atoms with Crippen LogP contribution >= 0.6 is 22.6 Å². The van der Waals surface area contributed by atoms with Crippen molar-refractivity contribution in [3.05, 3.63) is 57.3 Å². The largest absolute Gasteiger partial charge is 0.481 e. The Morgan fingerprint density at radius 3 is 2.73 bits per heavy atom. The third-order valence-electron chi connectivity index (χ3n) is 3.31. The van der Waals surface area contributed by atoms with E-state index >= 15 is 0 Å². The molecule has 0 bridgehead atoms. The molecule has 1 aromatic carbocycles. The SMILES string of the molecule is COc1ccc2c(n1)c(C=O)cn2C(=O)c1ccccc1I. The average molecular weight is 406 g/mol. The third-order valence-corrected chi connectivity index (χ3v) is 4.25. The van der Waals surface area contributed by atoms with E-state index in [-0.39, 0.29) is 5.91 Å². The average Bonchev–Trinajstić information content (AvgIpc) is 2.92. The Morgan fingerprint density at radius 1 is 1.27 bits per heavy atom. The van der Waals surface area contributed by atoms with Crippen LogP contribution in [0.15, 0.2) is 42.6 Å². The third kappa shape index (κ3) is 2.39. The Labute approximate surface area is 140 Å². The van der Waals surface area contributed by atoms with Gasteiger partial charge in [-0.2, -0.15) is 0 Å². The van der Waals surface area contributed by atoms with Gasteiger partial charge in [-0.3, -0.25) is 14.2 Å². The number of aldehydes is 1. The minimum atomic E-state index is -0.199. The fourth-order valence-electron chi connectivity index (χ4n) is 2.24. The van der Waals surface area contributed by atoms with Crippen LogP contribution < -0.4 is 4.74 Å².